The maximum atomic E-state index is 12.4. The zero-order chi connectivity index (χ0) is 15.3. The van der Waals surface area contributed by atoms with Crippen LogP contribution in [-0.4, -0.2) is 17.4 Å². The second-order valence-corrected chi connectivity index (χ2v) is 5.95. The smallest absolute Gasteiger partial charge is 0.231 e. The first-order chi connectivity index (χ1) is 10.1. The van der Waals surface area contributed by atoms with Gasteiger partial charge in [-0.15, -0.1) is 23.7 Å². The number of amides is 1. The second-order valence-electron chi connectivity index (χ2n) is 5.06. The van der Waals surface area contributed by atoms with Gasteiger partial charge in [-0.2, -0.15) is 0 Å². The van der Waals surface area contributed by atoms with Crippen LogP contribution in [0.15, 0.2) is 35.8 Å². The molecule has 1 amide bonds. The second kappa shape index (κ2) is 8.27. The quantitative estimate of drug-likeness (QED) is 0.837. The molecule has 1 heterocycles. The van der Waals surface area contributed by atoms with Crippen molar-refractivity contribution in [1.29, 1.82) is 0 Å². The summed E-state index contributed by atoms with van der Waals surface area (Å²) >= 11 is 1.60. The highest BCUT2D eigenvalue weighted by atomic mass is 35.5. The highest BCUT2D eigenvalue weighted by Gasteiger charge is 2.33. The summed E-state index contributed by atoms with van der Waals surface area (Å²) < 4.78 is 0. The SMILES string of the molecule is CCC(CC)(CN)C(=O)Nc1ccc(-c2nccs2)cc1.Cl. The molecule has 22 heavy (non-hydrogen) atoms. The average Bonchev–Trinajstić information content (AvgIpc) is 3.05. The Morgan fingerprint density at radius 2 is 1.91 bits per heavy atom. The van der Waals surface area contributed by atoms with E-state index in [2.05, 4.69) is 10.3 Å². The van der Waals surface area contributed by atoms with Crippen LogP contribution < -0.4 is 11.1 Å². The van der Waals surface area contributed by atoms with Gasteiger partial charge in [0.15, 0.2) is 0 Å². The first-order valence-corrected chi connectivity index (χ1v) is 8.04. The molecule has 0 atom stereocenters. The van der Waals surface area contributed by atoms with Crippen LogP contribution in [0.25, 0.3) is 10.6 Å². The predicted molar refractivity (Wildman–Crippen MR) is 95.5 cm³/mol. The lowest BCUT2D eigenvalue weighted by atomic mass is 9.81. The Hall–Kier alpha value is -1.43. The molecule has 1 aromatic carbocycles. The topological polar surface area (TPSA) is 68.0 Å². The number of halogens is 1. The number of thiazole rings is 1. The van der Waals surface area contributed by atoms with E-state index in [0.717, 1.165) is 29.1 Å². The van der Waals surface area contributed by atoms with Gasteiger partial charge in [-0.05, 0) is 37.1 Å². The number of aromatic nitrogens is 1. The normalized spacial score (nSPS) is 10.9. The Bertz CT molecular complexity index is 572. The number of nitrogens with zero attached hydrogens (tertiary/aromatic N) is 1. The molecule has 0 bridgehead atoms. The van der Waals surface area contributed by atoms with Crippen LogP contribution in [0.3, 0.4) is 0 Å². The molecule has 0 radical (unpaired) electrons. The summed E-state index contributed by atoms with van der Waals surface area (Å²) in [7, 11) is 0. The maximum Gasteiger partial charge on any atom is 0.231 e. The lowest BCUT2D eigenvalue weighted by molar-refractivity contribution is -0.125. The van der Waals surface area contributed by atoms with Crippen molar-refractivity contribution < 1.29 is 4.79 Å². The van der Waals surface area contributed by atoms with Gasteiger partial charge in [-0.1, -0.05) is 13.8 Å². The van der Waals surface area contributed by atoms with Gasteiger partial charge in [-0.3, -0.25) is 4.79 Å². The number of rotatable bonds is 6. The standard InChI is InChI=1S/C16H21N3OS.ClH/c1-3-16(4-2,11-17)15(20)19-13-7-5-12(6-8-13)14-18-9-10-21-14;/h5-10H,3-4,11,17H2,1-2H3,(H,19,20);1H. The number of hydrogen-bond donors (Lipinski definition) is 2. The van der Waals surface area contributed by atoms with Gasteiger partial charge in [0.25, 0.3) is 0 Å². The summed E-state index contributed by atoms with van der Waals surface area (Å²) in [5.41, 5.74) is 7.17. The van der Waals surface area contributed by atoms with Gasteiger partial charge in [0.2, 0.25) is 5.91 Å². The van der Waals surface area contributed by atoms with E-state index in [9.17, 15) is 4.79 Å². The van der Waals surface area contributed by atoms with Gasteiger partial charge in [0, 0.05) is 29.4 Å². The molecule has 2 rings (SSSR count). The van der Waals surface area contributed by atoms with Crippen molar-refractivity contribution in [3.8, 4) is 10.6 Å². The van der Waals surface area contributed by atoms with Gasteiger partial charge in [0.1, 0.15) is 5.01 Å². The molecule has 0 spiro atoms. The monoisotopic (exact) mass is 339 g/mol. The third kappa shape index (κ3) is 3.85. The molecule has 0 aliphatic heterocycles. The van der Waals surface area contributed by atoms with Crippen molar-refractivity contribution in [2.75, 3.05) is 11.9 Å². The highest BCUT2D eigenvalue weighted by molar-refractivity contribution is 7.13. The summed E-state index contributed by atoms with van der Waals surface area (Å²) in [5, 5.41) is 5.90. The Balaban J connectivity index is 0.00000242. The average molecular weight is 340 g/mol. The Labute approximate surface area is 141 Å². The Morgan fingerprint density at radius 3 is 2.36 bits per heavy atom. The zero-order valence-electron chi connectivity index (χ0n) is 12.8. The van der Waals surface area contributed by atoms with Gasteiger partial charge in [-0.25, -0.2) is 4.98 Å². The minimum Gasteiger partial charge on any atom is -0.329 e. The fraction of sp³-hybridized carbons (Fsp3) is 0.375. The van der Waals surface area contributed by atoms with Crippen LogP contribution >= 0.6 is 23.7 Å². The molecule has 0 saturated carbocycles. The van der Waals surface area contributed by atoms with E-state index in [1.807, 2.05) is 43.5 Å². The lowest BCUT2D eigenvalue weighted by Crippen LogP contribution is -2.41. The van der Waals surface area contributed by atoms with E-state index >= 15 is 0 Å². The summed E-state index contributed by atoms with van der Waals surface area (Å²) in [6, 6.07) is 7.75. The molecule has 120 valence electrons. The largest absolute Gasteiger partial charge is 0.329 e. The van der Waals surface area contributed by atoms with Crippen LogP contribution in [0.4, 0.5) is 5.69 Å². The number of carbonyl (C=O) groups excluding carboxylic acids is 1. The summed E-state index contributed by atoms with van der Waals surface area (Å²) in [4.78, 5) is 16.7. The predicted octanol–water partition coefficient (Wildman–Crippen LogP) is 3.94. The highest BCUT2D eigenvalue weighted by Crippen LogP contribution is 2.28. The molecule has 0 aliphatic carbocycles. The number of anilines is 1. The number of benzene rings is 1. The van der Waals surface area contributed by atoms with Crippen LogP contribution in [0.2, 0.25) is 0 Å². The molecule has 0 saturated heterocycles. The van der Waals surface area contributed by atoms with Crippen molar-refractivity contribution in [3.05, 3.63) is 35.8 Å². The minimum absolute atomic E-state index is 0. The number of carbonyl (C=O) groups is 1. The Kier molecular flexibility index (Phi) is 7.00. The zero-order valence-corrected chi connectivity index (χ0v) is 14.5. The number of nitrogens with one attached hydrogen (secondary N) is 1. The minimum atomic E-state index is -0.478. The Morgan fingerprint density at radius 1 is 1.27 bits per heavy atom. The maximum absolute atomic E-state index is 12.4. The van der Waals surface area contributed by atoms with E-state index in [1.165, 1.54) is 0 Å². The first-order valence-electron chi connectivity index (χ1n) is 7.16. The van der Waals surface area contributed by atoms with Crippen molar-refractivity contribution in [1.82, 2.24) is 4.98 Å². The van der Waals surface area contributed by atoms with Crippen molar-refractivity contribution in [2.24, 2.45) is 11.1 Å². The molecule has 1 aromatic heterocycles. The van der Waals surface area contributed by atoms with Crippen LogP contribution in [0.1, 0.15) is 26.7 Å². The van der Waals surface area contributed by atoms with Crippen molar-refractivity contribution in [2.45, 2.75) is 26.7 Å². The van der Waals surface area contributed by atoms with E-state index < -0.39 is 5.41 Å². The third-order valence-corrected chi connectivity index (χ3v) is 4.87. The number of hydrogen-bond acceptors (Lipinski definition) is 4. The molecule has 0 fully saturated rings. The molecular formula is C16H22ClN3OS. The summed E-state index contributed by atoms with van der Waals surface area (Å²) in [5.74, 6) is -0.00278. The molecular weight excluding hydrogens is 318 g/mol. The lowest BCUT2D eigenvalue weighted by Gasteiger charge is -2.28. The van der Waals surface area contributed by atoms with E-state index in [-0.39, 0.29) is 18.3 Å². The molecule has 3 N–H and O–H groups in total. The fourth-order valence-corrected chi connectivity index (χ4v) is 2.92. The first kappa shape index (κ1) is 18.6. The van der Waals surface area contributed by atoms with E-state index in [1.54, 1.807) is 17.5 Å². The van der Waals surface area contributed by atoms with E-state index in [4.69, 9.17) is 5.73 Å². The summed E-state index contributed by atoms with van der Waals surface area (Å²) in [6.45, 7) is 4.37. The van der Waals surface area contributed by atoms with Gasteiger partial charge in [0.05, 0.1) is 5.41 Å². The molecule has 4 nitrogen and oxygen atoms in total. The molecule has 6 heteroatoms. The van der Waals surface area contributed by atoms with Crippen molar-refractivity contribution >= 4 is 35.3 Å². The third-order valence-electron chi connectivity index (χ3n) is 4.05. The fourth-order valence-electron chi connectivity index (χ4n) is 2.28. The van der Waals surface area contributed by atoms with Gasteiger partial charge >= 0.3 is 0 Å². The van der Waals surface area contributed by atoms with Crippen molar-refractivity contribution in [3.63, 3.8) is 0 Å². The molecule has 0 unspecified atom stereocenters. The van der Waals surface area contributed by atoms with Gasteiger partial charge < -0.3 is 11.1 Å². The molecule has 2 aromatic rings. The van der Waals surface area contributed by atoms with Crippen LogP contribution in [0.5, 0.6) is 0 Å². The molecule has 0 aliphatic rings. The number of nitrogens with two attached hydrogens (primary N) is 1. The summed E-state index contributed by atoms with van der Waals surface area (Å²) in [6.07, 6.45) is 3.26. The van der Waals surface area contributed by atoms with Crippen LogP contribution in [-0.2, 0) is 4.79 Å². The van der Waals surface area contributed by atoms with E-state index in [0.29, 0.717) is 6.54 Å². The van der Waals surface area contributed by atoms with Crippen LogP contribution in [0, 0.1) is 5.41 Å².